The zero-order valence-electron chi connectivity index (χ0n) is 16.4. The lowest BCUT2D eigenvalue weighted by atomic mass is 10.2. The van der Waals surface area contributed by atoms with E-state index >= 15 is 0 Å². The quantitative estimate of drug-likeness (QED) is 0.579. The average Bonchev–Trinajstić information content (AvgIpc) is 3.12. The Morgan fingerprint density at radius 2 is 1.66 bits per heavy atom. The summed E-state index contributed by atoms with van der Waals surface area (Å²) in [7, 11) is 0. The second-order valence-corrected chi connectivity index (χ2v) is 7.60. The van der Waals surface area contributed by atoms with Gasteiger partial charge < -0.3 is 15.2 Å². The van der Waals surface area contributed by atoms with Crippen molar-refractivity contribution in [2.45, 2.75) is 37.7 Å². The number of carbonyl (C=O) groups is 2. The highest BCUT2D eigenvalue weighted by atomic mass is 32.2. The van der Waals surface area contributed by atoms with Crippen molar-refractivity contribution in [2.24, 2.45) is 0 Å². The second kappa shape index (κ2) is 9.33. The van der Waals surface area contributed by atoms with Gasteiger partial charge in [-0.25, -0.2) is 0 Å². The van der Waals surface area contributed by atoms with Gasteiger partial charge in [0.2, 0.25) is 11.8 Å². The molecule has 9 heteroatoms. The number of nitrogens with zero attached hydrogens (tertiary/aromatic N) is 4. The van der Waals surface area contributed by atoms with Gasteiger partial charge in [-0.1, -0.05) is 11.8 Å². The van der Waals surface area contributed by atoms with Crippen LogP contribution in [-0.2, 0) is 16.1 Å². The van der Waals surface area contributed by atoms with Crippen molar-refractivity contribution in [3.05, 3.63) is 48.8 Å². The second-order valence-electron chi connectivity index (χ2n) is 6.29. The highest BCUT2D eigenvalue weighted by Crippen LogP contribution is 2.27. The summed E-state index contributed by atoms with van der Waals surface area (Å²) in [5, 5.41) is 14.4. The van der Waals surface area contributed by atoms with Gasteiger partial charge >= 0.3 is 0 Å². The zero-order chi connectivity index (χ0) is 20.8. The normalized spacial score (nSPS) is 11.7. The Hall–Kier alpha value is -3.20. The summed E-state index contributed by atoms with van der Waals surface area (Å²) in [6, 6.07) is 10.7. The van der Waals surface area contributed by atoms with E-state index in [1.165, 1.54) is 18.7 Å². The summed E-state index contributed by atoms with van der Waals surface area (Å²) < 4.78 is 1.98. The van der Waals surface area contributed by atoms with Crippen LogP contribution in [0.5, 0.6) is 0 Å². The van der Waals surface area contributed by atoms with Gasteiger partial charge in [0.25, 0.3) is 0 Å². The molecule has 29 heavy (non-hydrogen) atoms. The van der Waals surface area contributed by atoms with E-state index in [-0.39, 0.29) is 17.1 Å². The van der Waals surface area contributed by atoms with Gasteiger partial charge in [0.05, 0.1) is 5.25 Å². The first-order valence-electron chi connectivity index (χ1n) is 9.16. The molecule has 0 aliphatic heterocycles. The third-order valence-electron chi connectivity index (χ3n) is 4.10. The van der Waals surface area contributed by atoms with Crippen LogP contribution >= 0.6 is 11.8 Å². The van der Waals surface area contributed by atoms with Crippen molar-refractivity contribution in [1.82, 2.24) is 19.7 Å². The molecule has 0 radical (unpaired) electrons. The van der Waals surface area contributed by atoms with Crippen LogP contribution in [0.25, 0.3) is 11.4 Å². The molecular weight excluding hydrogens is 388 g/mol. The Bertz CT molecular complexity index is 988. The molecule has 0 aliphatic rings. The summed E-state index contributed by atoms with van der Waals surface area (Å²) in [5.74, 6) is 0.468. The van der Waals surface area contributed by atoms with E-state index in [9.17, 15) is 9.59 Å². The van der Waals surface area contributed by atoms with Crippen molar-refractivity contribution in [2.75, 3.05) is 10.6 Å². The molecule has 2 amide bonds. The molecule has 150 valence electrons. The first-order valence-corrected chi connectivity index (χ1v) is 10.0. The van der Waals surface area contributed by atoms with Gasteiger partial charge in [-0.3, -0.25) is 14.6 Å². The van der Waals surface area contributed by atoms with E-state index < -0.39 is 0 Å². The van der Waals surface area contributed by atoms with Crippen LogP contribution in [0.1, 0.15) is 20.8 Å². The molecule has 0 aliphatic carbocycles. The number of hydrogen-bond donors (Lipinski definition) is 2. The molecule has 2 N–H and O–H groups in total. The molecule has 0 fully saturated rings. The summed E-state index contributed by atoms with van der Waals surface area (Å²) in [4.78, 5) is 27.7. The van der Waals surface area contributed by atoms with Crippen molar-refractivity contribution < 1.29 is 9.59 Å². The van der Waals surface area contributed by atoms with Crippen LogP contribution in [0.3, 0.4) is 0 Å². The minimum absolute atomic E-state index is 0.140. The van der Waals surface area contributed by atoms with Crippen molar-refractivity contribution in [3.63, 3.8) is 0 Å². The molecule has 2 aromatic heterocycles. The van der Waals surface area contributed by atoms with E-state index in [1.807, 2.05) is 30.5 Å². The van der Waals surface area contributed by atoms with Gasteiger partial charge in [-0.2, -0.15) is 0 Å². The topological polar surface area (TPSA) is 102 Å². The summed E-state index contributed by atoms with van der Waals surface area (Å²) in [6.45, 7) is 5.97. The predicted molar refractivity (Wildman–Crippen MR) is 114 cm³/mol. The molecule has 0 unspecified atom stereocenters. The zero-order valence-corrected chi connectivity index (χ0v) is 17.2. The van der Waals surface area contributed by atoms with Crippen LogP contribution < -0.4 is 10.6 Å². The van der Waals surface area contributed by atoms with Crippen molar-refractivity contribution in [1.29, 1.82) is 0 Å². The van der Waals surface area contributed by atoms with E-state index in [4.69, 9.17) is 0 Å². The molecule has 2 heterocycles. The van der Waals surface area contributed by atoms with Gasteiger partial charge in [-0.05, 0) is 50.2 Å². The first kappa shape index (κ1) is 20.5. The van der Waals surface area contributed by atoms with Gasteiger partial charge in [0.1, 0.15) is 0 Å². The molecule has 0 saturated heterocycles. The van der Waals surface area contributed by atoms with E-state index in [1.54, 1.807) is 36.7 Å². The lowest BCUT2D eigenvalue weighted by Gasteiger charge is -2.13. The van der Waals surface area contributed by atoms with Crippen LogP contribution in [0, 0.1) is 0 Å². The number of anilines is 2. The van der Waals surface area contributed by atoms with Crippen LogP contribution in [-0.4, -0.2) is 36.8 Å². The number of carbonyl (C=O) groups excluding carboxylic acids is 2. The van der Waals surface area contributed by atoms with Crippen LogP contribution in [0.15, 0.2) is 53.9 Å². The minimum atomic E-state index is -0.371. The van der Waals surface area contributed by atoms with E-state index in [2.05, 4.69) is 25.8 Å². The number of aromatic nitrogens is 4. The van der Waals surface area contributed by atoms with Gasteiger partial charge in [0.15, 0.2) is 11.0 Å². The largest absolute Gasteiger partial charge is 0.326 e. The fourth-order valence-electron chi connectivity index (χ4n) is 2.67. The summed E-state index contributed by atoms with van der Waals surface area (Å²) in [6.07, 6.45) is 3.42. The number of rotatable bonds is 7. The fourth-order valence-corrected chi connectivity index (χ4v) is 3.58. The Morgan fingerprint density at radius 3 is 2.24 bits per heavy atom. The molecule has 0 saturated carbocycles. The Kier molecular flexibility index (Phi) is 6.61. The lowest BCUT2D eigenvalue weighted by Crippen LogP contribution is -2.23. The first-order chi connectivity index (χ1) is 14.0. The smallest absolute Gasteiger partial charge is 0.237 e. The minimum Gasteiger partial charge on any atom is -0.326 e. The monoisotopic (exact) mass is 410 g/mol. The predicted octanol–water partition coefficient (Wildman–Crippen LogP) is 3.44. The lowest BCUT2D eigenvalue weighted by molar-refractivity contribution is -0.115. The molecule has 0 bridgehead atoms. The van der Waals surface area contributed by atoms with E-state index in [0.717, 1.165) is 11.4 Å². The van der Waals surface area contributed by atoms with Crippen molar-refractivity contribution in [3.8, 4) is 11.4 Å². The Labute approximate surface area is 173 Å². The number of thioether (sulfide) groups is 1. The number of benzene rings is 1. The van der Waals surface area contributed by atoms with Gasteiger partial charge in [0, 0.05) is 42.8 Å². The maximum absolute atomic E-state index is 12.6. The standard InChI is InChI=1S/C20H22N6O2S/c1-4-26-18(15-9-11-21-12-10-15)24-25-20(26)29-13(2)19(28)23-17-7-5-16(6-8-17)22-14(3)27/h5-13H,4H2,1-3H3,(H,22,27)(H,23,28)/t13-/m0/s1. The average molecular weight is 411 g/mol. The summed E-state index contributed by atoms with van der Waals surface area (Å²) >= 11 is 1.35. The third kappa shape index (κ3) is 5.20. The number of nitrogens with one attached hydrogen (secondary N) is 2. The number of amides is 2. The van der Waals surface area contributed by atoms with Gasteiger partial charge in [-0.15, -0.1) is 10.2 Å². The fraction of sp³-hybridized carbons (Fsp3) is 0.250. The van der Waals surface area contributed by atoms with Crippen LogP contribution in [0.2, 0.25) is 0 Å². The highest BCUT2D eigenvalue weighted by molar-refractivity contribution is 8.00. The number of hydrogen-bond acceptors (Lipinski definition) is 6. The third-order valence-corrected chi connectivity index (χ3v) is 5.18. The molecule has 1 atom stereocenters. The van der Waals surface area contributed by atoms with Crippen molar-refractivity contribution >= 4 is 35.0 Å². The summed E-state index contributed by atoms with van der Waals surface area (Å²) in [5.41, 5.74) is 2.26. The Balaban J connectivity index is 1.67. The highest BCUT2D eigenvalue weighted by Gasteiger charge is 2.20. The molecule has 3 aromatic rings. The molecule has 3 rings (SSSR count). The van der Waals surface area contributed by atoms with Crippen LogP contribution in [0.4, 0.5) is 11.4 Å². The maximum Gasteiger partial charge on any atom is 0.237 e. The number of pyridine rings is 1. The molecule has 0 spiro atoms. The maximum atomic E-state index is 12.6. The molecular formula is C20H22N6O2S. The Morgan fingerprint density at radius 1 is 1.03 bits per heavy atom. The molecule has 1 aromatic carbocycles. The molecule has 8 nitrogen and oxygen atoms in total. The van der Waals surface area contributed by atoms with E-state index in [0.29, 0.717) is 23.1 Å². The SMILES string of the molecule is CCn1c(S[C@@H](C)C(=O)Nc2ccc(NC(C)=O)cc2)nnc1-c1ccncc1.